The minimum Gasteiger partial charge on any atom is -0.378 e. The maximum Gasteiger partial charge on any atom is 0.243 e. The molecule has 0 spiro atoms. The van der Waals surface area contributed by atoms with Crippen LogP contribution in [0.25, 0.3) is 0 Å². The molecule has 0 bridgehead atoms. The number of morpholine rings is 1. The second-order valence-corrected chi connectivity index (χ2v) is 9.23. The normalized spacial score (nSPS) is 18.0. The van der Waals surface area contributed by atoms with Gasteiger partial charge in [-0.2, -0.15) is 4.31 Å². The van der Waals surface area contributed by atoms with Crippen LogP contribution in [0.1, 0.15) is 27.9 Å². The fraction of sp³-hybridized carbons (Fsp3) is 0.450. The van der Waals surface area contributed by atoms with Gasteiger partial charge in [-0.05, 0) is 49.6 Å². The van der Waals surface area contributed by atoms with Crippen LogP contribution in [0.15, 0.2) is 29.2 Å². The van der Waals surface area contributed by atoms with Crippen LogP contribution in [0.5, 0.6) is 0 Å². The van der Waals surface area contributed by atoms with Crippen LogP contribution < -0.4 is 4.90 Å². The average Bonchev–Trinajstić information content (AvgIpc) is 3.13. The van der Waals surface area contributed by atoms with Gasteiger partial charge in [-0.3, -0.25) is 0 Å². The van der Waals surface area contributed by atoms with Crippen LogP contribution in [-0.4, -0.2) is 44.0 Å². The molecule has 27 heavy (non-hydrogen) atoms. The number of pyridine rings is 1. The third kappa shape index (κ3) is 3.24. The van der Waals surface area contributed by atoms with Crippen LogP contribution in [0.2, 0.25) is 0 Å². The first-order valence-electron chi connectivity index (χ1n) is 9.26. The number of hydrogen-bond acceptors (Lipinski definition) is 5. The second kappa shape index (κ2) is 6.89. The Morgan fingerprint density at radius 1 is 0.963 bits per heavy atom. The summed E-state index contributed by atoms with van der Waals surface area (Å²) in [6.45, 7) is 9.80. The van der Waals surface area contributed by atoms with Crippen molar-refractivity contribution in [2.24, 2.45) is 0 Å². The summed E-state index contributed by atoms with van der Waals surface area (Å²) in [6.07, 6.45) is 0. The van der Waals surface area contributed by atoms with Gasteiger partial charge < -0.3 is 9.64 Å². The monoisotopic (exact) mass is 387 g/mol. The van der Waals surface area contributed by atoms with E-state index in [-0.39, 0.29) is 0 Å². The summed E-state index contributed by atoms with van der Waals surface area (Å²) >= 11 is 0. The van der Waals surface area contributed by atoms with Crippen LogP contribution in [-0.2, 0) is 27.8 Å². The summed E-state index contributed by atoms with van der Waals surface area (Å²) in [5.74, 6) is 0.962. The van der Waals surface area contributed by atoms with Gasteiger partial charge in [0.25, 0.3) is 0 Å². The highest BCUT2D eigenvalue weighted by Crippen LogP contribution is 2.35. The number of aryl methyl sites for hydroxylation is 2. The van der Waals surface area contributed by atoms with Gasteiger partial charge in [0.15, 0.2) is 0 Å². The van der Waals surface area contributed by atoms with Gasteiger partial charge in [0, 0.05) is 31.9 Å². The molecule has 0 aliphatic carbocycles. The summed E-state index contributed by atoms with van der Waals surface area (Å²) in [4.78, 5) is 7.40. The number of nitrogens with zero attached hydrogens (tertiary/aromatic N) is 3. The molecule has 0 saturated carbocycles. The molecule has 7 heteroatoms. The van der Waals surface area contributed by atoms with E-state index in [1.165, 1.54) is 0 Å². The van der Waals surface area contributed by atoms with Crippen LogP contribution in [0.4, 0.5) is 5.82 Å². The zero-order valence-corrected chi connectivity index (χ0v) is 16.8. The van der Waals surface area contributed by atoms with E-state index in [0.29, 0.717) is 31.2 Å². The average molecular weight is 388 g/mol. The maximum absolute atomic E-state index is 13.1. The minimum absolute atomic E-state index is 0.345. The van der Waals surface area contributed by atoms with Gasteiger partial charge in [-0.15, -0.1) is 0 Å². The number of fused-ring (bicyclic) bond motifs is 1. The number of sulfonamides is 1. The smallest absolute Gasteiger partial charge is 0.243 e. The van der Waals surface area contributed by atoms with Gasteiger partial charge in [-0.25, -0.2) is 13.4 Å². The van der Waals surface area contributed by atoms with Gasteiger partial charge >= 0.3 is 0 Å². The molecule has 0 amide bonds. The van der Waals surface area contributed by atoms with E-state index in [1.54, 1.807) is 16.4 Å². The molecular weight excluding hydrogens is 362 g/mol. The molecule has 2 aliphatic heterocycles. The van der Waals surface area contributed by atoms with Crippen molar-refractivity contribution in [2.75, 3.05) is 31.2 Å². The molecule has 4 rings (SSSR count). The van der Waals surface area contributed by atoms with E-state index in [0.717, 1.165) is 46.9 Å². The molecule has 144 valence electrons. The predicted octanol–water partition coefficient (Wildman–Crippen LogP) is 2.55. The Hall–Kier alpha value is -1.96. The van der Waals surface area contributed by atoms with Crippen molar-refractivity contribution in [1.29, 1.82) is 0 Å². The molecule has 6 nitrogen and oxygen atoms in total. The lowest BCUT2D eigenvalue weighted by Crippen LogP contribution is -2.37. The van der Waals surface area contributed by atoms with E-state index in [1.807, 2.05) is 26.0 Å². The molecular formula is C20H25N3O3S. The summed E-state index contributed by atoms with van der Waals surface area (Å²) in [5.41, 5.74) is 5.18. The first-order valence-corrected chi connectivity index (χ1v) is 10.7. The number of anilines is 1. The molecule has 0 atom stereocenters. The Labute approximate surface area is 160 Å². The number of hydrogen-bond donors (Lipinski definition) is 0. The van der Waals surface area contributed by atoms with Gasteiger partial charge in [-0.1, -0.05) is 17.7 Å². The predicted molar refractivity (Wildman–Crippen MR) is 104 cm³/mol. The van der Waals surface area contributed by atoms with Crippen LogP contribution in [0.3, 0.4) is 0 Å². The maximum atomic E-state index is 13.1. The van der Waals surface area contributed by atoms with Crippen molar-refractivity contribution in [1.82, 2.24) is 9.29 Å². The summed E-state index contributed by atoms with van der Waals surface area (Å²) in [7, 11) is -3.52. The lowest BCUT2D eigenvalue weighted by Gasteiger charge is -2.30. The van der Waals surface area contributed by atoms with E-state index < -0.39 is 10.0 Å². The van der Waals surface area contributed by atoms with Crippen molar-refractivity contribution < 1.29 is 13.2 Å². The number of benzene rings is 1. The largest absolute Gasteiger partial charge is 0.378 e. The summed E-state index contributed by atoms with van der Waals surface area (Å²) in [6, 6.07) is 7.05. The Morgan fingerprint density at radius 3 is 2.26 bits per heavy atom. The third-order valence-corrected chi connectivity index (χ3v) is 7.31. The quantitative estimate of drug-likeness (QED) is 0.810. The highest BCUT2D eigenvalue weighted by atomic mass is 32.2. The molecule has 1 fully saturated rings. The van der Waals surface area contributed by atoms with E-state index in [2.05, 4.69) is 11.8 Å². The van der Waals surface area contributed by atoms with Gasteiger partial charge in [0.1, 0.15) is 5.82 Å². The minimum atomic E-state index is -3.52. The molecule has 2 aromatic rings. The van der Waals surface area contributed by atoms with Gasteiger partial charge in [0.2, 0.25) is 10.0 Å². The Balaban J connectivity index is 1.68. The SMILES string of the molecule is Cc1ccc(S(=O)(=O)N2Cc3c(C)nc(N4CCOCC4)c(C)c3C2)cc1. The zero-order valence-electron chi connectivity index (χ0n) is 16.0. The number of rotatable bonds is 3. The molecule has 0 unspecified atom stereocenters. The highest BCUT2D eigenvalue weighted by molar-refractivity contribution is 7.89. The highest BCUT2D eigenvalue weighted by Gasteiger charge is 2.34. The molecule has 0 N–H and O–H groups in total. The van der Waals surface area contributed by atoms with Crippen LogP contribution in [0, 0.1) is 20.8 Å². The molecule has 0 radical (unpaired) electrons. The number of aromatic nitrogens is 1. The third-order valence-electron chi connectivity index (χ3n) is 5.50. The Kier molecular flexibility index (Phi) is 4.70. The van der Waals surface area contributed by atoms with Crippen molar-refractivity contribution in [3.8, 4) is 0 Å². The number of ether oxygens (including phenoxy) is 1. The fourth-order valence-corrected chi connectivity index (χ4v) is 5.21. The van der Waals surface area contributed by atoms with Crippen molar-refractivity contribution in [3.05, 3.63) is 52.2 Å². The topological polar surface area (TPSA) is 62.7 Å². The van der Waals surface area contributed by atoms with E-state index in [4.69, 9.17) is 9.72 Å². The zero-order chi connectivity index (χ0) is 19.2. The van der Waals surface area contributed by atoms with E-state index >= 15 is 0 Å². The fourth-order valence-electron chi connectivity index (χ4n) is 3.83. The Morgan fingerprint density at radius 2 is 1.59 bits per heavy atom. The van der Waals surface area contributed by atoms with Crippen molar-refractivity contribution >= 4 is 15.8 Å². The van der Waals surface area contributed by atoms with Crippen LogP contribution >= 0.6 is 0 Å². The lowest BCUT2D eigenvalue weighted by molar-refractivity contribution is 0.122. The van der Waals surface area contributed by atoms with Crippen molar-refractivity contribution in [3.63, 3.8) is 0 Å². The molecule has 3 heterocycles. The molecule has 2 aliphatic rings. The molecule has 1 aromatic carbocycles. The standard InChI is InChI=1S/C20H25N3O3S/c1-14-4-6-17(7-5-14)27(24,25)23-12-18-15(2)20(21-16(3)19(18)13-23)22-8-10-26-11-9-22/h4-7H,8-13H2,1-3H3. The Bertz CT molecular complexity index is 965. The lowest BCUT2D eigenvalue weighted by atomic mass is 10.0. The molecule has 1 saturated heterocycles. The summed E-state index contributed by atoms with van der Waals surface area (Å²) in [5, 5.41) is 0. The van der Waals surface area contributed by atoms with Crippen molar-refractivity contribution in [2.45, 2.75) is 38.8 Å². The first kappa shape index (κ1) is 18.4. The summed E-state index contributed by atoms with van der Waals surface area (Å²) < 4.78 is 33.2. The van der Waals surface area contributed by atoms with Gasteiger partial charge in [0.05, 0.1) is 18.1 Å². The first-order chi connectivity index (χ1) is 12.9. The second-order valence-electron chi connectivity index (χ2n) is 7.29. The van der Waals surface area contributed by atoms with E-state index in [9.17, 15) is 8.42 Å². The molecule has 1 aromatic heterocycles.